The van der Waals surface area contributed by atoms with Crippen molar-refractivity contribution in [2.75, 3.05) is 12.8 Å². The molecule has 0 aromatic carbocycles. The predicted molar refractivity (Wildman–Crippen MR) is 70.7 cm³/mol. The van der Waals surface area contributed by atoms with Gasteiger partial charge in [0, 0.05) is 11.3 Å². The molecule has 0 aliphatic rings. The third-order valence-electron chi connectivity index (χ3n) is 2.03. The normalized spacial score (nSPS) is 12.0. The summed E-state index contributed by atoms with van der Waals surface area (Å²) in [6.45, 7) is 6.27. The van der Waals surface area contributed by atoms with E-state index in [2.05, 4.69) is 48.0 Å². The molecule has 1 rings (SSSR count). The molecule has 0 saturated heterocycles. The Labute approximate surface area is 103 Å². The molecule has 1 aromatic heterocycles. The predicted octanol–water partition coefficient (Wildman–Crippen LogP) is 3.12. The Bertz CT molecular complexity index is 285. The van der Waals surface area contributed by atoms with E-state index in [0.29, 0.717) is 4.75 Å². The number of thioether (sulfide) groups is 1. The van der Waals surface area contributed by atoms with Crippen LogP contribution >= 0.6 is 34.4 Å². The fourth-order valence-corrected chi connectivity index (χ4v) is 1.71. The van der Waals surface area contributed by atoms with E-state index < -0.39 is 0 Å². The molecule has 1 N–H and O–H groups in total. The molecule has 80 valence electrons. The van der Waals surface area contributed by atoms with Gasteiger partial charge in [-0.1, -0.05) is 0 Å². The highest BCUT2D eigenvalue weighted by Gasteiger charge is 2.14. The molecule has 0 saturated carbocycles. The quantitative estimate of drug-likeness (QED) is 0.842. The summed E-state index contributed by atoms with van der Waals surface area (Å²) in [6, 6.07) is 4.00. The Balaban J connectivity index is 2.28. The Morgan fingerprint density at radius 1 is 1.50 bits per heavy atom. The molecule has 0 radical (unpaired) electrons. The van der Waals surface area contributed by atoms with Gasteiger partial charge in [-0.15, -0.1) is 0 Å². The zero-order valence-electron chi connectivity index (χ0n) is 8.76. The average molecular weight is 325 g/mol. The van der Waals surface area contributed by atoms with Crippen molar-refractivity contribution >= 4 is 34.4 Å². The van der Waals surface area contributed by atoms with Gasteiger partial charge in [-0.05, 0) is 54.8 Å². The van der Waals surface area contributed by atoms with Crippen LogP contribution in [0.4, 0.5) is 0 Å². The van der Waals surface area contributed by atoms with E-state index in [9.17, 15) is 0 Å². The van der Waals surface area contributed by atoms with Crippen LogP contribution < -0.4 is 5.32 Å². The minimum atomic E-state index is 0.291. The molecule has 0 amide bonds. The first-order valence-corrected chi connectivity index (χ1v) is 6.84. The van der Waals surface area contributed by atoms with E-state index in [-0.39, 0.29) is 0 Å². The third kappa shape index (κ3) is 4.23. The van der Waals surface area contributed by atoms with E-state index >= 15 is 0 Å². The van der Waals surface area contributed by atoms with Crippen molar-refractivity contribution in [2.45, 2.75) is 25.1 Å². The van der Waals surface area contributed by atoms with Crippen LogP contribution in [0.15, 0.2) is 16.5 Å². The summed E-state index contributed by atoms with van der Waals surface area (Å²) in [6.07, 6.45) is 2.14. The van der Waals surface area contributed by atoms with Crippen LogP contribution in [0.1, 0.15) is 19.6 Å². The van der Waals surface area contributed by atoms with Crippen molar-refractivity contribution in [3.8, 4) is 0 Å². The SMILES string of the molecule is CSC(C)(C)CNCc1ccc(I)o1. The standard InChI is InChI=1S/C10H16INOS/c1-10(2,14-3)7-12-6-8-4-5-9(11)13-8/h4-5,12H,6-7H2,1-3H3. The zero-order chi connectivity index (χ0) is 10.6. The van der Waals surface area contributed by atoms with Gasteiger partial charge in [0.25, 0.3) is 0 Å². The van der Waals surface area contributed by atoms with Gasteiger partial charge >= 0.3 is 0 Å². The molecule has 2 nitrogen and oxygen atoms in total. The van der Waals surface area contributed by atoms with Crippen LogP contribution in [0.25, 0.3) is 0 Å². The first-order valence-electron chi connectivity index (χ1n) is 4.53. The van der Waals surface area contributed by atoms with E-state index in [0.717, 1.165) is 22.6 Å². The summed E-state index contributed by atoms with van der Waals surface area (Å²) in [5.74, 6) is 1.01. The van der Waals surface area contributed by atoms with Gasteiger partial charge in [-0.25, -0.2) is 0 Å². The maximum absolute atomic E-state index is 5.45. The van der Waals surface area contributed by atoms with Gasteiger partial charge in [0.15, 0.2) is 3.77 Å². The molecule has 14 heavy (non-hydrogen) atoms. The molecule has 0 aliphatic carbocycles. The van der Waals surface area contributed by atoms with Gasteiger partial charge in [-0.3, -0.25) is 0 Å². The van der Waals surface area contributed by atoms with Crippen molar-refractivity contribution < 1.29 is 4.42 Å². The summed E-state index contributed by atoms with van der Waals surface area (Å²) in [5.41, 5.74) is 0. The number of hydrogen-bond acceptors (Lipinski definition) is 3. The van der Waals surface area contributed by atoms with Gasteiger partial charge in [0.1, 0.15) is 5.76 Å². The highest BCUT2D eigenvalue weighted by atomic mass is 127. The van der Waals surface area contributed by atoms with Crippen LogP contribution in [0.2, 0.25) is 0 Å². The fourth-order valence-electron chi connectivity index (χ4n) is 1.01. The van der Waals surface area contributed by atoms with Gasteiger partial charge in [0.2, 0.25) is 0 Å². The molecule has 4 heteroatoms. The minimum Gasteiger partial charge on any atom is -0.454 e. The summed E-state index contributed by atoms with van der Waals surface area (Å²) in [7, 11) is 0. The van der Waals surface area contributed by atoms with Crippen LogP contribution in [0.5, 0.6) is 0 Å². The average Bonchev–Trinajstić information content (AvgIpc) is 2.51. The smallest absolute Gasteiger partial charge is 0.164 e. The molecule has 0 atom stereocenters. The second kappa shape index (κ2) is 5.42. The molecular formula is C10H16INOS. The summed E-state index contributed by atoms with van der Waals surface area (Å²) >= 11 is 4.05. The van der Waals surface area contributed by atoms with Crippen LogP contribution in [0.3, 0.4) is 0 Å². The first kappa shape index (κ1) is 12.4. The van der Waals surface area contributed by atoms with E-state index in [4.69, 9.17) is 4.42 Å². The number of rotatable bonds is 5. The lowest BCUT2D eigenvalue weighted by atomic mass is 10.2. The number of hydrogen-bond donors (Lipinski definition) is 1. The summed E-state index contributed by atoms with van der Waals surface area (Å²) in [5, 5.41) is 3.39. The summed E-state index contributed by atoms with van der Waals surface area (Å²) in [4.78, 5) is 0. The highest BCUT2D eigenvalue weighted by molar-refractivity contribution is 14.1. The monoisotopic (exact) mass is 325 g/mol. The van der Waals surface area contributed by atoms with Gasteiger partial charge < -0.3 is 9.73 Å². The van der Waals surface area contributed by atoms with Crippen LogP contribution in [-0.4, -0.2) is 17.5 Å². The van der Waals surface area contributed by atoms with Crippen molar-refractivity contribution in [1.82, 2.24) is 5.32 Å². The third-order valence-corrected chi connectivity index (χ3v) is 3.86. The first-order chi connectivity index (χ1) is 6.53. The maximum Gasteiger partial charge on any atom is 0.164 e. The van der Waals surface area contributed by atoms with E-state index in [1.54, 1.807) is 0 Å². The fraction of sp³-hybridized carbons (Fsp3) is 0.600. The van der Waals surface area contributed by atoms with Gasteiger partial charge in [0.05, 0.1) is 6.54 Å². The topological polar surface area (TPSA) is 25.2 Å². The molecule has 0 fully saturated rings. The Kier molecular flexibility index (Phi) is 4.79. The second-order valence-electron chi connectivity index (χ2n) is 3.77. The second-order valence-corrected chi connectivity index (χ2v) is 6.35. The largest absolute Gasteiger partial charge is 0.454 e. The summed E-state index contributed by atoms with van der Waals surface area (Å²) < 4.78 is 6.69. The Morgan fingerprint density at radius 2 is 2.21 bits per heavy atom. The molecule has 0 unspecified atom stereocenters. The minimum absolute atomic E-state index is 0.291. The molecule has 1 aromatic rings. The molecule has 0 spiro atoms. The van der Waals surface area contributed by atoms with Crippen molar-refractivity contribution in [3.05, 3.63) is 21.7 Å². The number of nitrogens with one attached hydrogen (secondary N) is 1. The lowest BCUT2D eigenvalue weighted by molar-refractivity contribution is 0.456. The lowest BCUT2D eigenvalue weighted by Gasteiger charge is -2.21. The molecule has 1 heterocycles. The maximum atomic E-state index is 5.45. The lowest BCUT2D eigenvalue weighted by Crippen LogP contribution is -2.31. The zero-order valence-corrected chi connectivity index (χ0v) is 11.7. The van der Waals surface area contributed by atoms with Crippen LogP contribution in [-0.2, 0) is 6.54 Å². The molecule has 0 bridgehead atoms. The van der Waals surface area contributed by atoms with Gasteiger partial charge in [-0.2, -0.15) is 11.8 Å². The van der Waals surface area contributed by atoms with Crippen molar-refractivity contribution in [3.63, 3.8) is 0 Å². The highest BCUT2D eigenvalue weighted by Crippen LogP contribution is 2.19. The van der Waals surface area contributed by atoms with E-state index in [1.165, 1.54) is 0 Å². The Hall–Kier alpha value is 0.320. The number of furan rings is 1. The van der Waals surface area contributed by atoms with Crippen LogP contribution in [0, 0.1) is 3.77 Å². The Morgan fingerprint density at radius 3 is 2.71 bits per heavy atom. The molecule has 0 aliphatic heterocycles. The van der Waals surface area contributed by atoms with Crippen molar-refractivity contribution in [1.29, 1.82) is 0 Å². The van der Waals surface area contributed by atoms with Crippen molar-refractivity contribution in [2.24, 2.45) is 0 Å². The van der Waals surface area contributed by atoms with E-state index in [1.807, 2.05) is 23.9 Å². The number of halogens is 1. The molecular weight excluding hydrogens is 309 g/mol.